The lowest BCUT2D eigenvalue weighted by atomic mass is 9.97. The fraction of sp³-hybridized carbons (Fsp3) is 0.417. The van der Waals surface area contributed by atoms with Crippen LogP contribution < -0.4 is 4.74 Å². The molecule has 4 heteroatoms. The van der Waals surface area contributed by atoms with Crippen LogP contribution in [0.1, 0.15) is 31.7 Å². The Labute approximate surface area is 100.0 Å². The van der Waals surface area contributed by atoms with Crippen LogP contribution in [0.3, 0.4) is 0 Å². The number of carboxylic acids is 1. The fourth-order valence-electron chi connectivity index (χ4n) is 1.46. The molecule has 0 aliphatic rings. The quantitative estimate of drug-likeness (QED) is 0.862. The molecule has 0 radical (unpaired) electrons. The van der Waals surface area contributed by atoms with Gasteiger partial charge in [0.1, 0.15) is 5.75 Å². The van der Waals surface area contributed by atoms with Gasteiger partial charge in [-0.2, -0.15) is 0 Å². The van der Waals surface area contributed by atoms with Crippen molar-refractivity contribution in [2.75, 3.05) is 6.61 Å². The first-order chi connectivity index (χ1) is 7.56. The summed E-state index contributed by atoms with van der Waals surface area (Å²) in [6.07, 6.45) is 0.924. The monoisotopic (exact) mass is 242 g/mol. The first-order valence-corrected chi connectivity index (χ1v) is 5.57. The number of halogens is 1. The van der Waals surface area contributed by atoms with Gasteiger partial charge >= 0.3 is 5.97 Å². The van der Waals surface area contributed by atoms with Gasteiger partial charge in [0.2, 0.25) is 0 Å². The third-order valence-corrected chi connectivity index (χ3v) is 2.80. The second-order valence-electron chi connectivity index (χ2n) is 3.64. The van der Waals surface area contributed by atoms with Gasteiger partial charge in [-0.05, 0) is 24.5 Å². The standard InChI is InChI=1S/C12H15ClO3/c1-3-8(2)12-9(13)5-4-6-10(12)16-7-11(14)15/h4-6,8H,3,7H2,1-2H3,(H,14,15). The minimum atomic E-state index is -0.991. The molecule has 0 spiro atoms. The Balaban J connectivity index is 2.98. The first kappa shape index (κ1) is 12.8. The summed E-state index contributed by atoms with van der Waals surface area (Å²) >= 11 is 6.09. The average molecular weight is 243 g/mol. The van der Waals surface area contributed by atoms with Crippen LogP contribution in [0.5, 0.6) is 5.75 Å². The lowest BCUT2D eigenvalue weighted by Crippen LogP contribution is -2.11. The normalized spacial score (nSPS) is 12.2. The number of hydrogen-bond acceptors (Lipinski definition) is 2. The topological polar surface area (TPSA) is 46.5 Å². The van der Waals surface area contributed by atoms with Crippen molar-refractivity contribution in [1.29, 1.82) is 0 Å². The SMILES string of the molecule is CCC(C)c1c(Cl)cccc1OCC(=O)O. The summed E-state index contributed by atoms with van der Waals surface area (Å²) in [5, 5.41) is 9.20. The molecule has 0 aromatic heterocycles. The van der Waals surface area contributed by atoms with Crippen LogP contribution in [-0.4, -0.2) is 17.7 Å². The Kier molecular flexibility index (Phi) is 4.62. The van der Waals surface area contributed by atoms with E-state index < -0.39 is 5.97 Å². The second kappa shape index (κ2) is 5.75. The van der Waals surface area contributed by atoms with E-state index in [-0.39, 0.29) is 12.5 Å². The van der Waals surface area contributed by atoms with Gasteiger partial charge in [0.05, 0.1) is 0 Å². The molecule has 1 rings (SSSR count). The zero-order valence-corrected chi connectivity index (χ0v) is 10.1. The summed E-state index contributed by atoms with van der Waals surface area (Å²) in [6, 6.07) is 5.29. The predicted octanol–water partition coefficient (Wildman–Crippen LogP) is 3.32. The lowest BCUT2D eigenvalue weighted by Gasteiger charge is -2.16. The van der Waals surface area contributed by atoms with Gasteiger partial charge in [-0.25, -0.2) is 4.79 Å². The molecule has 0 saturated carbocycles. The molecular formula is C12H15ClO3. The van der Waals surface area contributed by atoms with Crippen LogP contribution in [0.25, 0.3) is 0 Å². The highest BCUT2D eigenvalue weighted by Crippen LogP contribution is 2.34. The number of aliphatic carboxylic acids is 1. The number of benzene rings is 1. The number of carbonyl (C=O) groups is 1. The average Bonchev–Trinajstić information content (AvgIpc) is 2.25. The molecule has 1 unspecified atom stereocenters. The molecule has 0 bridgehead atoms. The third-order valence-electron chi connectivity index (χ3n) is 2.47. The van der Waals surface area contributed by atoms with Gasteiger partial charge in [0.15, 0.2) is 6.61 Å². The zero-order chi connectivity index (χ0) is 12.1. The molecule has 1 atom stereocenters. The molecule has 0 fully saturated rings. The largest absolute Gasteiger partial charge is 0.482 e. The summed E-state index contributed by atoms with van der Waals surface area (Å²) in [6.45, 7) is 3.74. The van der Waals surface area contributed by atoms with E-state index in [1.807, 2.05) is 6.92 Å². The van der Waals surface area contributed by atoms with Crippen molar-refractivity contribution in [1.82, 2.24) is 0 Å². The molecule has 88 valence electrons. The van der Waals surface area contributed by atoms with Crippen LogP contribution in [0, 0.1) is 0 Å². The van der Waals surface area contributed by atoms with Gasteiger partial charge in [0, 0.05) is 10.6 Å². The number of ether oxygens (including phenoxy) is 1. The van der Waals surface area contributed by atoms with Crippen molar-refractivity contribution in [2.24, 2.45) is 0 Å². The van der Waals surface area contributed by atoms with E-state index >= 15 is 0 Å². The molecular weight excluding hydrogens is 228 g/mol. The third kappa shape index (κ3) is 3.14. The van der Waals surface area contributed by atoms with E-state index in [2.05, 4.69) is 6.92 Å². The summed E-state index contributed by atoms with van der Waals surface area (Å²) < 4.78 is 5.22. The van der Waals surface area contributed by atoms with Gasteiger partial charge in [0.25, 0.3) is 0 Å². The summed E-state index contributed by atoms with van der Waals surface area (Å²) in [5.41, 5.74) is 0.882. The fourth-order valence-corrected chi connectivity index (χ4v) is 1.82. The van der Waals surface area contributed by atoms with Gasteiger partial charge in [-0.15, -0.1) is 0 Å². The van der Waals surface area contributed by atoms with E-state index in [9.17, 15) is 4.79 Å². The number of rotatable bonds is 5. The van der Waals surface area contributed by atoms with Crippen molar-refractivity contribution in [3.05, 3.63) is 28.8 Å². The van der Waals surface area contributed by atoms with Crippen LogP contribution in [0.15, 0.2) is 18.2 Å². The zero-order valence-electron chi connectivity index (χ0n) is 9.37. The van der Waals surface area contributed by atoms with Crippen molar-refractivity contribution in [2.45, 2.75) is 26.2 Å². The predicted molar refractivity (Wildman–Crippen MR) is 63.3 cm³/mol. The maximum atomic E-state index is 10.5. The molecule has 3 nitrogen and oxygen atoms in total. The van der Waals surface area contributed by atoms with Gasteiger partial charge in [-0.1, -0.05) is 31.5 Å². The van der Waals surface area contributed by atoms with E-state index in [4.69, 9.17) is 21.4 Å². The van der Waals surface area contributed by atoms with Crippen molar-refractivity contribution in [3.8, 4) is 5.75 Å². The highest BCUT2D eigenvalue weighted by atomic mass is 35.5. The van der Waals surface area contributed by atoms with E-state index in [1.54, 1.807) is 18.2 Å². The Morgan fingerprint density at radius 1 is 1.56 bits per heavy atom. The van der Waals surface area contributed by atoms with E-state index in [0.717, 1.165) is 12.0 Å². The van der Waals surface area contributed by atoms with Crippen LogP contribution >= 0.6 is 11.6 Å². The minimum absolute atomic E-state index is 0.248. The minimum Gasteiger partial charge on any atom is -0.482 e. The summed E-state index contributed by atoms with van der Waals surface area (Å²) in [5.74, 6) is -0.183. The molecule has 1 N–H and O–H groups in total. The molecule has 0 amide bonds. The smallest absolute Gasteiger partial charge is 0.341 e. The van der Waals surface area contributed by atoms with Crippen molar-refractivity contribution >= 4 is 17.6 Å². The van der Waals surface area contributed by atoms with Crippen molar-refractivity contribution < 1.29 is 14.6 Å². The Hall–Kier alpha value is -1.22. The molecule has 0 saturated heterocycles. The molecule has 0 aliphatic carbocycles. The summed E-state index contributed by atoms with van der Waals surface area (Å²) in [7, 11) is 0. The van der Waals surface area contributed by atoms with Crippen LogP contribution in [0.2, 0.25) is 5.02 Å². The first-order valence-electron chi connectivity index (χ1n) is 5.19. The number of carboxylic acid groups (broad SMARTS) is 1. The Bertz CT molecular complexity index is 377. The Morgan fingerprint density at radius 2 is 2.25 bits per heavy atom. The lowest BCUT2D eigenvalue weighted by molar-refractivity contribution is -0.139. The van der Waals surface area contributed by atoms with Gasteiger partial charge in [-0.3, -0.25) is 0 Å². The maximum absolute atomic E-state index is 10.5. The van der Waals surface area contributed by atoms with Crippen molar-refractivity contribution in [3.63, 3.8) is 0 Å². The van der Waals surface area contributed by atoms with E-state index in [1.165, 1.54) is 0 Å². The molecule has 0 aliphatic heterocycles. The highest BCUT2D eigenvalue weighted by molar-refractivity contribution is 6.31. The molecule has 0 heterocycles. The second-order valence-corrected chi connectivity index (χ2v) is 4.05. The molecule has 16 heavy (non-hydrogen) atoms. The van der Waals surface area contributed by atoms with Crippen LogP contribution in [0.4, 0.5) is 0 Å². The highest BCUT2D eigenvalue weighted by Gasteiger charge is 2.14. The number of hydrogen-bond donors (Lipinski definition) is 1. The maximum Gasteiger partial charge on any atom is 0.341 e. The Morgan fingerprint density at radius 3 is 2.81 bits per heavy atom. The molecule has 1 aromatic rings. The van der Waals surface area contributed by atoms with Gasteiger partial charge < -0.3 is 9.84 Å². The summed E-state index contributed by atoms with van der Waals surface area (Å²) in [4.78, 5) is 10.5. The molecule has 1 aromatic carbocycles. The van der Waals surface area contributed by atoms with E-state index in [0.29, 0.717) is 10.8 Å². The van der Waals surface area contributed by atoms with Crippen LogP contribution in [-0.2, 0) is 4.79 Å².